The quantitative estimate of drug-likeness (QED) is 0.345. The Morgan fingerprint density at radius 2 is 1.95 bits per heavy atom. The molecule has 3 nitrogen and oxygen atoms in total. The fourth-order valence-electron chi connectivity index (χ4n) is 2.97. The maximum absolute atomic E-state index is 9.26. The van der Waals surface area contributed by atoms with E-state index in [1.54, 1.807) is 0 Å². The Morgan fingerprint density at radius 3 is 2.65 bits per heavy atom. The molecule has 2 N–H and O–H groups in total. The van der Waals surface area contributed by atoms with Crippen LogP contribution < -0.4 is 5.32 Å². The normalized spacial score (nSPS) is 25.4. The number of likely N-dealkylation sites (N-methyl/N-ethyl adjacent to an activating group) is 1. The highest BCUT2D eigenvalue weighted by Gasteiger charge is 2.35. The summed E-state index contributed by atoms with van der Waals surface area (Å²) in [5.74, 6) is 0. The molecule has 0 bridgehead atoms. The van der Waals surface area contributed by atoms with E-state index < -0.39 is 0 Å². The topological polar surface area (TPSA) is 32.3 Å². The average molecular weight is 281 g/mol. The summed E-state index contributed by atoms with van der Waals surface area (Å²) in [6, 6.07) is 0. The van der Waals surface area contributed by atoms with Crippen molar-refractivity contribution in [2.75, 3.05) is 19.7 Å². The number of hydrogen-bond acceptors (Lipinski definition) is 2. The van der Waals surface area contributed by atoms with Crippen LogP contribution in [0.15, 0.2) is 24.6 Å². The second-order valence-electron chi connectivity index (χ2n) is 5.76. The second kappa shape index (κ2) is 10.0. The molecule has 0 radical (unpaired) electrons. The minimum Gasteiger partial charge on any atom is -0.390 e. The molecule has 0 aromatic rings. The number of nitrogens with zero attached hydrogens (tertiary/aromatic N) is 1. The fraction of sp³-hybridized carbons (Fsp3) is 0.765. The molecule has 0 aromatic heterocycles. The van der Waals surface area contributed by atoms with Gasteiger partial charge in [0.25, 0.3) is 0 Å². The summed E-state index contributed by atoms with van der Waals surface area (Å²) < 4.78 is 0.876. The molecular formula is C17H33N2O+. The average Bonchev–Trinajstić information content (AvgIpc) is 2.86. The second-order valence-corrected chi connectivity index (χ2v) is 5.76. The molecule has 3 heteroatoms. The van der Waals surface area contributed by atoms with Crippen molar-refractivity contribution >= 4 is 0 Å². The largest absolute Gasteiger partial charge is 0.390 e. The van der Waals surface area contributed by atoms with E-state index >= 15 is 0 Å². The van der Waals surface area contributed by atoms with Crippen LogP contribution >= 0.6 is 0 Å². The molecule has 0 saturated carbocycles. The SMILES string of the molecule is CCCCCC/C=C/CCC1NC=C[N+]1(CC)CCO. The molecule has 1 rings (SSSR count). The molecule has 1 aliphatic rings. The molecule has 2 unspecified atom stereocenters. The molecule has 20 heavy (non-hydrogen) atoms. The summed E-state index contributed by atoms with van der Waals surface area (Å²) in [4.78, 5) is 0. The minimum absolute atomic E-state index is 0.254. The van der Waals surface area contributed by atoms with E-state index in [-0.39, 0.29) is 6.61 Å². The van der Waals surface area contributed by atoms with Crippen LogP contribution in [0.1, 0.15) is 58.8 Å². The lowest BCUT2D eigenvalue weighted by Gasteiger charge is -2.36. The zero-order valence-corrected chi connectivity index (χ0v) is 13.4. The van der Waals surface area contributed by atoms with Crippen LogP contribution in [0.25, 0.3) is 0 Å². The molecule has 2 atom stereocenters. The number of rotatable bonds is 11. The first-order valence-electron chi connectivity index (χ1n) is 8.35. The van der Waals surface area contributed by atoms with Gasteiger partial charge in [0.15, 0.2) is 6.17 Å². The van der Waals surface area contributed by atoms with Gasteiger partial charge in [0.1, 0.15) is 12.7 Å². The smallest absolute Gasteiger partial charge is 0.166 e. The van der Waals surface area contributed by atoms with Gasteiger partial charge >= 0.3 is 0 Å². The van der Waals surface area contributed by atoms with E-state index in [0.717, 1.165) is 30.4 Å². The summed E-state index contributed by atoms with van der Waals surface area (Å²) in [6.07, 6.45) is 18.2. The molecule has 0 saturated heterocycles. The van der Waals surface area contributed by atoms with Crippen LogP contribution in [0.5, 0.6) is 0 Å². The molecule has 0 fully saturated rings. The van der Waals surface area contributed by atoms with Gasteiger partial charge in [-0.1, -0.05) is 38.3 Å². The fourth-order valence-corrected chi connectivity index (χ4v) is 2.97. The third kappa shape index (κ3) is 5.29. The zero-order chi connectivity index (χ0) is 14.7. The van der Waals surface area contributed by atoms with Gasteiger partial charge in [0.2, 0.25) is 0 Å². The molecule has 0 aromatic carbocycles. The van der Waals surface area contributed by atoms with Crippen LogP contribution in [0.4, 0.5) is 0 Å². The molecule has 0 amide bonds. The Balaban J connectivity index is 2.22. The lowest BCUT2D eigenvalue weighted by Crippen LogP contribution is -2.53. The molecule has 0 spiro atoms. The van der Waals surface area contributed by atoms with Gasteiger partial charge in [-0.15, -0.1) is 0 Å². The highest BCUT2D eigenvalue weighted by Crippen LogP contribution is 2.21. The number of allylic oxidation sites excluding steroid dienone is 2. The highest BCUT2D eigenvalue weighted by atomic mass is 16.3. The third-order valence-electron chi connectivity index (χ3n) is 4.38. The van der Waals surface area contributed by atoms with Crippen molar-refractivity contribution < 1.29 is 9.59 Å². The van der Waals surface area contributed by atoms with Crippen LogP contribution in [-0.4, -0.2) is 35.5 Å². The number of aliphatic hydroxyl groups excluding tert-OH is 1. The Hall–Kier alpha value is -0.800. The van der Waals surface area contributed by atoms with Crippen LogP contribution in [0.3, 0.4) is 0 Å². The maximum atomic E-state index is 9.26. The van der Waals surface area contributed by atoms with Crippen molar-refractivity contribution in [2.24, 2.45) is 0 Å². The first kappa shape index (κ1) is 17.3. The standard InChI is InChI=1S/C17H33N2O/c1-3-5-6-7-8-9-10-11-12-17-18-13-14-19(17,4-2)15-16-20/h9-10,13-14,17-18,20H,3-8,11-12,15-16H2,1-2H3/q+1/b10-9+. The highest BCUT2D eigenvalue weighted by molar-refractivity contribution is 4.87. The monoisotopic (exact) mass is 281 g/mol. The number of unbranched alkanes of at least 4 members (excludes halogenated alkanes) is 4. The van der Waals surface area contributed by atoms with Crippen molar-refractivity contribution in [3.63, 3.8) is 0 Å². The maximum Gasteiger partial charge on any atom is 0.166 e. The van der Waals surface area contributed by atoms with Gasteiger partial charge in [0, 0.05) is 6.42 Å². The van der Waals surface area contributed by atoms with E-state index in [2.05, 4.69) is 43.7 Å². The van der Waals surface area contributed by atoms with E-state index in [9.17, 15) is 5.11 Å². The van der Waals surface area contributed by atoms with Crippen LogP contribution in [0, 0.1) is 0 Å². The molecule has 1 heterocycles. The minimum atomic E-state index is 0.254. The van der Waals surface area contributed by atoms with Crippen molar-refractivity contribution in [3.05, 3.63) is 24.6 Å². The summed E-state index contributed by atoms with van der Waals surface area (Å²) >= 11 is 0. The number of quaternary nitrogens is 1. The zero-order valence-electron chi connectivity index (χ0n) is 13.4. The summed E-state index contributed by atoms with van der Waals surface area (Å²) in [5, 5.41) is 12.7. The van der Waals surface area contributed by atoms with Gasteiger partial charge in [-0.25, -0.2) is 0 Å². The van der Waals surface area contributed by atoms with Gasteiger partial charge < -0.3 is 10.4 Å². The van der Waals surface area contributed by atoms with Gasteiger partial charge in [-0.3, -0.25) is 4.48 Å². The summed E-state index contributed by atoms with van der Waals surface area (Å²) in [5.41, 5.74) is 0. The summed E-state index contributed by atoms with van der Waals surface area (Å²) in [6.45, 7) is 6.55. The van der Waals surface area contributed by atoms with Crippen molar-refractivity contribution in [1.82, 2.24) is 5.32 Å². The predicted molar refractivity (Wildman–Crippen MR) is 86.0 cm³/mol. The van der Waals surface area contributed by atoms with Gasteiger partial charge in [0.05, 0.1) is 19.4 Å². The lowest BCUT2D eigenvalue weighted by atomic mass is 10.1. The Labute approximate surface area is 125 Å². The van der Waals surface area contributed by atoms with E-state index in [1.165, 1.54) is 32.1 Å². The number of nitrogens with one attached hydrogen (secondary N) is 1. The van der Waals surface area contributed by atoms with Crippen LogP contribution in [0.2, 0.25) is 0 Å². The lowest BCUT2D eigenvalue weighted by molar-refractivity contribution is -0.899. The first-order chi connectivity index (χ1) is 9.79. The van der Waals surface area contributed by atoms with Crippen molar-refractivity contribution in [2.45, 2.75) is 65.0 Å². The van der Waals surface area contributed by atoms with E-state index in [1.807, 2.05) is 0 Å². The Morgan fingerprint density at radius 1 is 1.15 bits per heavy atom. The number of hydrogen-bond donors (Lipinski definition) is 2. The molecular weight excluding hydrogens is 248 g/mol. The first-order valence-corrected chi connectivity index (χ1v) is 8.35. The van der Waals surface area contributed by atoms with Gasteiger partial charge in [-0.2, -0.15) is 0 Å². The number of aliphatic hydroxyl groups is 1. The molecule has 1 aliphatic heterocycles. The van der Waals surface area contributed by atoms with Crippen LogP contribution in [-0.2, 0) is 0 Å². The molecule has 116 valence electrons. The predicted octanol–water partition coefficient (Wildman–Crippen LogP) is 3.52. The Kier molecular flexibility index (Phi) is 8.63. The van der Waals surface area contributed by atoms with Gasteiger partial charge in [-0.05, 0) is 26.2 Å². The van der Waals surface area contributed by atoms with E-state index in [0.29, 0.717) is 6.17 Å². The third-order valence-corrected chi connectivity index (χ3v) is 4.38. The van der Waals surface area contributed by atoms with Crippen molar-refractivity contribution in [1.29, 1.82) is 0 Å². The summed E-state index contributed by atoms with van der Waals surface area (Å²) in [7, 11) is 0. The Bertz CT molecular complexity index is 301. The van der Waals surface area contributed by atoms with Crippen molar-refractivity contribution in [3.8, 4) is 0 Å². The molecule has 0 aliphatic carbocycles. The van der Waals surface area contributed by atoms with E-state index in [4.69, 9.17) is 0 Å².